The Morgan fingerprint density at radius 3 is 2.89 bits per heavy atom. The third-order valence-corrected chi connectivity index (χ3v) is 5.47. The molecule has 0 saturated carbocycles. The van der Waals surface area contributed by atoms with Gasteiger partial charge in [-0.15, -0.1) is 0 Å². The predicted octanol–water partition coefficient (Wildman–Crippen LogP) is 4.22. The van der Waals surface area contributed by atoms with Gasteiger partial charge in [0.25, 0.3) is 0 Å². The summed E-state index contributed by atoms with van der Waals surface area (Å²) in [6.07, 6.45) is 2.72. The lowest BCUT2D eigenvalue weighted by Gasteiger charge is -2.15. The van der Waals surface area contributed by atoms with Crippen LogP contribution in [-0.2, 0) is 11.2 Å². The monoisotopic (exact) mass is 428 g/mol. The Labute approximate surface area is 163 Å². The Morgan fingerprint density at radius 1 is 1.26 bits per heavy atom. The van der Waals surface area contributed by atoms with Crippen LogP contribution in [0.25, 0.3) is 10.9 Å². The number of anilines is 1. The van der Waals surface area contributed by atoms with Gasteiger partial charge in [0.05, 0.1) is 30.6 Å². The van der Waals surface area contributed by atoms with Crippen molar-refractivity contribution in [3.8, 4) is 0 Å². The second kappa shape index (κ2) is 7.03. The molecule has 2 aromatic carbocycles. The molecule has 1 unspecified atom stereocenters. The molecule has 0 saturated heterocycles. The van der Waals surface area contributed by atoms with Crippen molar-refractivity contribution in [1.29, 1.82) is 0 Å². The molecule has 0 radical (unpaired) electrons. The fourth-order valence-electron chi connectivity index (χ4n) is 3.47. The average molecular weight is 429 g/mol. The number of methoxy groups -OCH3 is 1. The Balaban J connectivity index is 1.54. The minimum atomic E-state index is -0.584. The highest BCUT2D eigenvalue weighted by atomic mass is 79.9. The number of carbonyl (C=O) groups is 2. The summed E-state index contributed by atoms with van der Waals surface area (Å²) in [6, 6.07) is 11.0. The van der Waals surface area contributed by atoms with Crippen molar-refractivity contribution < 1.29 is 14.3 Å². The Morgan fingerprint density at radius 2 is 2.07 bits per heavy atom. The van der Waals surface area contributed by atoms with Crippen molar-refractivity contribution >= 4 is 44.6 Å². The third kappa shape index (κ3) is 3.16. The summed E-state index contributed by atoms with van der Waals surface area (Å²) in [4.78, 5) is 24.3. The lowest BCUT2D eigenvalue weighted by Crippen LogP contribution is -2.31. The van der Waals surface area contributed by atoms with Gasteiger partial charge >= 0.3 is 12.1 Å². The third-order valence-electron chi connectivity index (χ3n) is 4.73. The van der Waals surface area contributed by atoms with E-state index in [4.69, 9.17) is 4.74 Å². The average Bonchev–Trinajstić information content (AvgIpc) is 3.27. The van der Waals surface area contributed by atoms with Crippen LogP contribution in [0.4, 0.5) is 15.3 Å². The van der Waals surface area contributed by atoms with Crippen LogP contribution in [0.1, 0.15) is 23.6 Å². The lowest BCUT2D eigenvalue weighted by molar-refractivity contribution is 0.170. The van der Waals surface area contributed by atoms with Crippen LogP contribution in [0, 0.1) is 0 Å². The fraction of sp³-hybridized carbons (Fsp3) is 0.211. The number of nitrogens with zero attached hydrogens (tertiary/aromatic N) is 2. The largest absolute Gasteiger partial charge is 0.451 e. The van der Waals surface area contributed by atoms with E-state index < -0.39 is 6.09 Å². The summed E-state index contributed by atoms with van der Waals surface area (Å²) in [7, 11) is 1.29. The maximum atomic E-state index is 12.6. The topological polar surface area (TPSA) is 85.2 Å². The molecule has 138 valence electrons. The molecule has 2 amide bonds. The number of benzene rings is 2. The van der Waals surface area contributed by atoms with E-state index in [9.17, 15) is 9.59 Å². The van der Waals surface area contributed by atoms with Gasteiger partial charge in [0.15, 0.2) is 0 Å². The molecule has 1 atom stereocenters. The standard InChI is InChI=1S/C19H17BrN4O3/c1-27-19(26)24-17-7-3-6-15(13(17)10-21-24)22-18(25)23-16-9-8-11-12(16)4-2-5-14(11)20/h2-7,10,16H,8-9H2,1H3,(H2,22,23,25). The summed E-state index contributed by atoms with van der Waals surface area (Å²) in [5.74, 6) is 0. The number of fused-ring (bicyclic) bond motifs is 2. The van der Waals surface area contributed by atoms with Gasteiger partial charge in [0.2, 0.25) is 0 Å². The number of hydrogen-bond acceptors (Lipinski definition) is 4. The van der Waals surface area contributed by atoms with E-state index in [2.05, 4.69) is 31.7 Å². The number of nitrogens with one attached hydrogen (secondary N) is 2. The van der Waals surface area contributed by atoms with Gasteiger partial charge in [-0.25, -0.2) is 9.59 Å². The molecular formula is C19H17BrN4O3. The zero-order valence-corrected chi connectivity index (χ0v) is 16.1. The molecule has 1 aromatic heterocycles. The molecule has 1 aliphatic carbocycles. The number of ether oxygens (including phenoxy) is 1. The highest BCUT2D eigenvalue weighted by molar-refractivity contribution is 9.10. The lowest BCUT2D eigenvalue weighted by atomic mass is 10.1. The van der Waals surface area contributed by atoms with E-state index in [1.165, 1.54) is 18.9 Å². The fourth-order valence-corrected chi connectivity index (χ4v) is 4.05. The number of carbonyl (C=O) groups excluding carboxylic acids is 2. The number of halogens is 1. The number of amides is 2. The summed E-state index contributed by atoms with van der Waals surface area (Å²) >= 11 is 3.57. The molecule has 0 spiro atoms. The van der Waals surface area contributed by atoms with E-state index in [-0.39, 0.29) is 12.1 Å². The number of aromatic nitrogens is 2. The summed E-state index contributed by atoms with van der Waals surface area (Å²) < 4.78 is 6.94. The minimum absolute atomic E-state index is 0.0329. The molecule has 27 heavy (non-hydrogen) atoms. The van der Waals surface area contributed by atoms with Crippen molar-refractivity contribution in [2.75, 3.05) is 12.4 Å². The number of urea groups is 1. The van der Waals surface area contributed by atoms with Gasteiger partial charge in [-0.3, -0.25) is 0 Å². The van der Waals surface area contributed by atoms with Crippen LogP contribution in [0.2, 0.25) is 0 Å². The van der Waals surface area contributed by atoms with Crippen LogP contribution >= 0.6 is 15.9 Å². The van der Waals surface area contributed by atoms with Gasteiger partial charge in [0, 0.05) is 9.86 Å². The smallest absolute Gasteiger partial charge is 0.434 e. The van der Waals surface area contributed by atoms with Gasteiger partial charge in [-0.2, -0.15) is 9.78 Å². The van der Waals surface area contributed by atoms with Crippen molar-refractivity contribution in [2.45, 2.75) is 18.9 Å². The van der Waals surface area contributed by atoms with Gasteiger partial charge in [-0.05, 0) is 42.2 Å². The molecule has 7 nitrogen and oxygen atoms in total. The van der Waals surface area contributed by atoms with E-state index in [1.807, 2.05) is 18.2 Å². The van der Waals surface area contributed by atoms with Crippen LogP contribution in [0.3, 0.4) is 0 Å². The highest BCUT2D eigenvalue weighted by Crippen LogP contribution is 2.35. The van der Waals surface area contributed by atoms with Crippen LogP contribution in [0.15, 0.2) is 47.1 Å². The van der Waals surface area contributed by atoms with Crippen molar-refractivity contribution in [1.82, 2.24) is 15.1 Å². The molecular weight excluding hydrogens is 412 g/mol. The molecule has 0 fully saturated rings. The molecule has 2 N–H and O–H groups in total. The first-order valence-corrected chi connectivity index (χ1v) is 9.27. The maximum Gasteiger partial charge on any atom is 0.434 e. The maximum absolute atomic E-state index is 12.6. The van der Waals surface area contributed by atoms with Crippen molar-refractivity contribution in [2.24, 2.45) is 0 Å². The Hall–Kier alpha value is -2.87. The molecule has 4 rings (SSSR count). The number of rotatable bonds is 2. The predicted molar refractivity (Wildman–Crippen MR) is 105 cm³/mol. The van der Waals surface area contributed by atoms with Gasteiger partial charge in [0.1, 0.15) is 0 Å². The Kier molecular flexibility index (Phi) is 4.57. The van der Waals surface area contributed by atoms with E-state index in [1.54, 1.807) is 18.2 Å². The van der Waals surface area contributed by atoms with E-state index in [0.717, 1.165) is 27.6 Å². The second-order valence-electron chi connectivity index (χ2n) is 6.26. The van der Waals surface area contributed by atoms with E-state index >= 15 is 0 Å². The molecule has 1 heterocycles. The first-order chi connectivity index (χ1) is 13.1. The normalized spacial score (nSPS) is 15.4. The summed E-state index contributed by atoms with van der Waals surface area (Å²) in [6.45, 7) is 0. The molecule has 1 aliphatic rings. The molecule has 0 aliphatic heterocycles. The molecule has 3 aromatic rings. The summed E-state index contributed by atoms with van der Waals surface area (Å²) in [5.41, 5.74) is 3.52. The molecule has 0 bridgehead atoms. The zero-order chi connectivity index (χ0) is 19.0. The van der Waals surface area contributed by atoms with Crippen molar-refractivity contribution in [3.63, 3.8) is 0 Å². The first-order valence-electron chi connectivity index (χ1n) is 8.48. The summed E-state index contributed by atoms with van der Waals surface area (Å²) in [5, 5.41) is 10.6. The SMILES string of the molecule is COC(=O)n1ncc2c(NC(=O)NC3CCc4c(Br)cccc43)cccc21. The van der Waals surface area contributed by atoms with Crippen LogP contribution < -0.4 is 10.6 Å². The van der Waals surface area contributed by atoms with Gasteiger partial charge < -0.3 is 15.4 Å². The zero-order valence-electron chi connectivity index (χ0n) is 14.5. The minimum Gasteiger partial charge on any atom is -0.451 e. The quantitative estimate of drug-likeness (QED) is 0.639. The van der Waals surface area contributed by atoms with Crippen LogP contribution in [0.5, 0.6) is 0 Å². The Bertz CT molecular complexity index is 1050. The molecule has 8 heteroatoms. The van der Waals surface area contributed by atoms with E-state index in [0.29, 0.717) is 16.6 Å². The first kappa shape index (κ1) is 17.5. The second-order valence-corrected chi connectivity index (χ2v) is 7.12. The van der Waals surface area contributed by atoms with Crippen LogP contribution in [-0.4, -0.2) is 29.0 Å². The van der Waals surface area contributed by atoms with Gasteiger partial charge in [-0.1, -0.05) is 34.1 Å². The highest BCUT2D eigenvalue weighted by Gasteiger charge is 2.25. The number of hydrogen-bond donors (Lipinski definition) is 2. The van der Waals surface area contributed by atoms with Crippen molar-refractivity contribution in [3.05, 3.63) is 58.2 Å².